The lowest BCUT2D eigenvalue weighted by Gasteiger charge is -2.18. The van der Waals surface area contributed by atoms with Crippen LogP contribution in [0.15, 0.2) is 0 Å². The average molecular weight is 165 g/mol. The molecule has 1 fully saturated rings. The van der Waals surface area contributed by atoms with Crippen LogP contribution in [-0.2, 0) is 4.28 Å². The molecule has 1 saturated heterocycles. The van der Waals surface area contributed by atoms with Crippen molar-refractivity contribution in [1.82, 2.24) is 5.48 Å². The first-order chi connectivity index (χ1) is 4.27. The fourth-order valence-electron chi connectivity index (χ4n) is 0.846. The quantitative estimate of drug-likeness (QED) is 0.495. The van der Waals surface area contributed by atoms with Crippen molar-refractivity contribution in [2.75, 3.05) is 5.75 Å². The van der Waals surface area contributed by atoms with E-state index in [9.17, 15) is 0 Å². The molecule has 1 N–H and O–H groups in total. The van der Waals surface area contributed by atoms with E-state index in [-0.39, 0.29) is 5.28 Å². The zero-order chi connectivity index (χ0) is 6.74. The van der Waals surface area contributed by atoms with Crippen LogP contribution >= 0.6 is 21.3 Å². The van der Waals surface area contributed by atoms with Gasteiger partial charge in [0.15, 0.2) is 0 Å². The van der Waals surface area contributed by atoms with E-state index < -0.39 is 0 Å². The number of rotatable bonds is 2. The molecule has 0 aromatic rings. The summed E-state index contributed by atoms with van der Waals surface area (Å²) in [6, 6.07) is 0. The van der Waals surface area contributed by atoms with Crippen molar-refractivity contribution < 1.29 is 4.28 Å². The van der Waals surface area contributed by atoms with Gasteiger partial charge < -0.3 is 0 Å². The van der Waals surface area contributed by atoms with Gasteiger partial charge in [-0.05, 0) is 6.42 Å². The molecule has 0 radical (unpaired) electrons. The van der Waals surface area contributed by atoms with Crippen molar-refractivity contribution in [1.29, 1.82) is 0 Å². The van der Waals surface area contributed by atoms with Crippen LogP contribution in [0.4, 0.5) is 0 Å². The van der Waals surface area contributed by atoms with Crippen molar-refractivity contribution in [2.24, 2.45) is 0 Å². The minimum absolute atomic E-state index is 0.152. The summed E-state index contributed by atoms with van der Waals surface area (Å²) < 4.78 is 4.96. The monoisotopic (exact) mass is 165 g/mol. The lowest BCUT2D eigenvalue weighted by Crippen LogP contribution is -2.33. The SMILES string of the molecule is CCCC1(P)CSON1. The second kappa shape index (κ2) is 3.20. The first-order valence-corrected chi connectivity index (χ1v) is 4.60. The molecule has 54 valence electrons. The standard InChI is InChI=1S/C5H12NOPS/c1-2-3-5(8)4-9-7-6-5/h6H,2-4,8H2,1H3. The highest BCUT2D eigenvalue weighted by atomic mass is 32.2. The lowest BCUT2D eigenvalue weighted by atomic mass is 10.2. The maximum Gasteiger partial charge on any atom is 0.0693 e. The predicted octanol–water partition coefficient (Wildman–Crippen LogP) is 1.54. The van der Waals surface area contributed by atoms with E-state index in [2.05, 4.69) is 21.6 Å². The average Bonchev–Trinajstić information content (AvgIpc) is 2.16. The van der Waals surface area contributed by atoms with Gasteiger partial charge in [0, 0.05) is 17.8 Å². The fraction of sp³-hybridized carbons (Fsp3) is 1.00. The van der Waals surface area contributed by atoms with Gasteiger partial charge in [-0.15, -0.1) is 9.24 Å². The topological polar surface area (TPSA) is 21.3 Å². The minimum Gasteiger partial charge on any atom is -0.231 e. The highest BCUT2D eigenvalue weighted by Crippen LogP contribution is 2.31. The summed E-state index contributed by atoms with van der Waals surface area (Å²) in [7, 11) is 2.79. The van der Waals surface area contributed by atoms with E-state index in [0.717, 1.165) is 12.2 Å². The van der Waals surface area contributed by atoms with Gasteiger partial charge in [-0.2, -0.15) is 5.48 Å². The fourth-order valence-corrected chi connectivity index (χ4v) is 2.18. The third-order valence-corrected chi connectivity index (χ3v) is 3.06. The Kier molecular flexibility index (Phi) is 2.77. The first kappa shape index (κ1) is 7.80. The van der Waals surface area contributed by atoms with E-state index in [1.165, 1.54) is 18.5 Å². The highest BCUT2D eigenvalue weighted by molar-refractivity contribution is 7.95. The van der Waals surface area contributed by atoms with Crippen molar-refractivity contribution in [3.8, 4) is 0 Å². The van der Waals surface area contributed by atoms with Crippen LogP contribution in [0.3, 0.4) is 0 Å². The Labute approximate surface area is 62.5 Å². The second-order valence-electron chi connectivity index (χ2n) is 2.35. The van der Waals surface area contributed by atoms with Crippen LogP contribution in [0.2, 0.25) is 0 Å². The van der Waals surface area contributed by atoms with Gasteiger partial charge in [-0.1, -0.05) is 13.3 Å². The molecular formula is C5H12NOPS. The van der Waals surface area contributed by atoms with Crippen LogP contribution < -0.4 is 5.48 Å². The van der Waals surface area contributed by atoms with Crippen molar-refractivity contribution in [3.63, 3.8) is 0 Å². The molecule has 9 heavy (non-hydrogen) atoms. The first-order valence-electron chi connectivity index (χ1n) is 3.11. The summed E-state index contributed by atoms with van der Waals surface area (Å²) >= 11 is 1.49. The maximum absolute atomic E-state index is 4.96. The van der Waals surface area contributed by atoms with Crippen molar-refractivity contribution in [3.05, 3.63) is 0 Å². The van der Waals surface area contributed by atoms with E-state index >= 15 is 0 Å². The van der Waals surface area contributed by atoms with Gasteiger partial charge in [-0.25, -0.2) is 4.28 Å². The van der Waals surface area contributed by atoms with Gasteiger partial charge >= 0.3 is 0 Å². The van der Waals surface area contributed by atoms with Gasteiger partial charge in [0.2, 0.25) is 0 Å². The van der Waals surface area contributed by atoms with Crippen LogP contribution in [0.1, 0.15) is 19.8 Å². The van der Waals surface area contributed by atoms with E-state index in [1.807, 2.05) is 0 Å². The minimum atomic E-state index is 0.152. The van der Waals surface area contributed by atoms with Crippen LogP contribution in [-0.4, -0.2) is 11.0 Å². The molecule has 4 heteroatoms. The van der Waals surface area contributed by atoms with Crippen molar-refractivity contribution in [2.45, 2.75) is 25.0 Å². The molecule has 0 bridgehead atoms. The highest BCUT2D eigenvalue weighted by Gasteiger charge is 2.29. The van der Waals surface area contributed by atoms with Crippen LogP contribution in [0.5, 0.6) is 0 Å². The Morgan fingerprint density at radius 3 is 3.11 bits per heavy atom. The number of nitrogens with one attached hydrogen (secondary N) is 1. The molecule has 1 heterocycles. The Bertz CT molecular complexity index is 95.0. The molecule has 2 atom stereocenters. The third kappa shape index (κ3) is 2.08. The maximum atomic E-state index is 4.96. The molecule has 0 amide bonds. The number of hydrogen-bond acceptors (Lipinski definition) is 3. The Morgan fingerprint density at radius 2 is 2.67 bits per heavy atom. The smallest absolute Gasteiger partial charge is 0.0693 e. The molecular weight excluding hydrogens is 153 g/mol. The zero-order valence-corrected chi connectivity index (χ0v) is 7.49. The number of hydrogen-bond donors (Lipinski definition) is 1. The molecule has 2 unspecified atom stereocenters. The zero-order valence-electron chi connectivity index (χ0n) is 5.52. The summed E-state index contributed by atoms with van der Waals surface area (Å²) in [6.07, 6.45) is 2.35. The van der Waals surface area contributed by atoms with Gasteiger partial charge in [-0.3, -0.25) is 0 Å². The molecule has 2 nitrogen and oxygen atoms in total. The normalized spacial score (nSPS) is 35.3. The third-order valence-electron chi connectivity index (χ3n) is 1.32. The lowest BCUT2D eigenvalue weighted by molar-refractivity contribution is 0.205. The Hall–Kier alpha value is 0.700. The van der Waals surface area contributed by atoms with E-state index in [0.29, 0.717) is 0 Å². The Balaban J connectivity index is 2.32. The van der Waals surface area contributed by atoms with Crippen LogP contribution in [0.25, 0.3) is 0 Å². The molecule has 0 aromatic carbocycles. The molecule has 1 aliphatic heterocycles. The van der Waals surface area contributed by atoms with E-state index in [1.54, 1.807) is 0 Å². The van der Waals surface area contributed by atoms with Gasteiger partial charge in [0.05, 0.1) is 5.28 Å². The summed E-state index contributed by atoms with van der Waals surface area (Å²) in [4.78, 5) is 0. The summed E-state index contributed by atoms with van der Waals surface area (Å²) in [5, 5.41) is 0.152. The molecule has 1 rings (SSSR count). The van der Waals surface area contributed by atoms with Crippen LogP contribution in [0, 0.1) is 0 Å². The summed E-state index contributed by atoms with van der Waals surface area (Å²) in [5.41, 5.74) is 2.96. The molecule has 1 aliphatic rings. The van der Waals surface area contributed by atoms with Gasteiger partial charge in [0.1, 0.15) is 0 Å². The predicted molar refractivity (Wildman–Crippen MR) is 44.0 cm³/mol. The van der Waals surface area contributed by atoms with Crippen molar-refractivity contribution >= 4 is 21.3 Å². The summed E-state index contributed by atoms with van der Waals surface area (Å²) in [5.74, 6) is 1.03. The van der Waals surface area contributed by atoms with E-state index in [4.69, 9.17) is 4.28 Å². The molecule has 0 aromatic heterocycles. The Morgan fingerprint density at radius 1 is 1.89 bits per heavy atom. The summed E-state index contributed by atoms with van der Waals surface area (Å²) in [6.45, 7) is 2.18. The largest absolute Gasteiger partial charge is 0.231 e. The molecule has 0 spiro atoms. The van der Waals surface area contributed by atoms with Gasteiger partial charge in [0.25, 0.3) is 0 Å². The second-order valence-corrected chi connectivity index (χ2v) is 4.15. The number of hydroxylamine groups is 1. The molecule has 0 saturated carbocycles. The molecule has 0 aliphatic carbocycles.